The number of likely N-dealkylation sites (tertiary alicyclic amines) is 2. The third kappa shape index (κ3) is 7.05. The second-order valence-corrected chi connectivity index (χ2v) is 12.1. The van der Waals surface area contributed by atoms with Crippen molar-refractivity contribution in [1.82, 2.24) is 24.8 Å². The maximum atomic E-state index is 14.6. The van der Waals surface area contributed by atoms with Crippen LogP contribution in [0.5, 0.6) is 11.5 Å². The van der Waals surface area contributed by atoms with Crippen LogP contribution in [0.25, 0.3) is 0 Å². The molecule has 9 nitrogen and oxygen atoms in total. The van der Waals surface area contributed by atoms with Crippen LogP contribution in [0.15, 0.2) is 48.6 Å². The fraction of sp³-hybridized carbons (Fsp3) is 0.500. The normalized spacial score (nSPS) is 21.2. The first kappa shape index (κ1) is 33.4. The molecule has 2 aliphatic heterocycles. The van der Waals surface area contributed by atoms with Gasteiger partial charge >= 0.3 is 12.4 Å². The molecule has 2 aliphatic rings. The molecule has 0 aromatic carbocycles. The van der Waals surface area contributed by atoms with Crippen LogP contribution in [-0.2, 0) is 17.1 Å². The summed E-state index contributed by atoms with van der Waals surface area (Å²) in [6.07, 6.45) is -2.04. The minimum Gasteiger partial charge on any atom is -0.487 e. The molecule has 3 aromatic rings. The number of ether oxygens (including phenoxy) is 2. The van der Waals surface area contributed by atoms with E-state index < -0.39 is 51.8 Å². The molecule has 0 spiro atoms. The van der Waals surface area contributed by atoms with Crippen molar-refractivity contribution >= 4 is 23.2 Å². The first-order valence-electron chi connectivity index (χ1n) is 14.7. The van der Waals surface area contributed by atoms with E-state index in [9.17, 15) is 35.9 Å². The molecule has 5 heterocycles. The van der Waals surface area contributed by atoms with Gasteiger partial charge in [0.1, 0.15) is 23.1 Å². The van der Waals surface area contributed by atoms with Crippen molar-refractivity contribution in [2.24, 2.45) is 0 Å². The van der Waals surface area contributed by atoms with E-state index in [0.717, 1.165) is 23.8 Å². The number of amides is 2. The second kappa shape index (κ2) is 13.4. The van der Waals surface area contributed by atoms with Crippen LogP contribution in [-0.4, -0.2) is 73.9 Å². The summed E-state index contributed by atoms with van der Waals surface area (Å²) >= 11 is 0.400. The molecule has 16 heteroatoms. The van der Waals surface area contributed by atoms with Gasteiger partial charge in [-0.25, -0.2) is 9.97 Å². The Morgan fingerprint density at radius 1 is 1.00 bits per heavy atom. The van der Waals surface area contributed by atoms with E-state index in [1.54, 1.807) is 6.92 Å². The molecule has 5 rings (SSSR count). The van der Waals surface area contributed by atoms with Crippen molar-refractivity contribution in [3.8, 4) is 11.5 Å². The van der Waals surface area contributed by atoms with Gasteiger partial charge in [-0.1, -0.05) is 13.3 Å². The van der Waals surface area contributed by atoms with Crippen LogP contribution in [0.4, 0.5) is 26.3 Å². The minimum absolute atomic E-state index is 0.0145. The van der Waals surface area contributed by atoms with E-state index in [-0.39, 0.29) is 50.8 Å². The van der Waals surface area contributed by atoms with E-state index in [0.29, 0.717) is 42.4 Å². The summed E-state index contributed by atoms with van der Waals surface area (Å²) in [5.74, 6) is -1.28. The number of hydrogen-bond acceptors (Lipinski definition) is 8. The standard InChI is InChI=1S/C30H31F6N5O4S/c1-2-4-24-28(45-20-13-25(46-17-20)30(34,35)36,27(43)40-11-6-19(7-12-40)44-21-14-38-18-39-15-21)8-3-10-41(24)26(42)22-16-37-9-5-23(22)29(31,32)33/h5,9,13-19,24H,2-4,6-8,10-12H2,1H3/t24-,28+/m1/s1. The van der Waals surface area contributed by atoms with Crippen LogP contribution in [0, 0.1) is 0 Å². The van der Waals surface area contributed by atoms with Gasteiger partial charge in [-0.15, -0.1) is 11.3 Å². The summed E-state index contributed by atoms with van der Waals surface area (Å²) in [5, 5.41) is 1.15. The molecule has 2 atom stereocenters. The third-order valence-corrected chi connectivity index (χ3v) is 9.08. The number of nitrogens with zero attached hydrogens (tertiary/aromatic N) is 5. The Morgan fingerprint density at radius 2 is 1.72 bits per heavy atom. The van der Waals surface area contributed by atoms with E-state index in [1.165, 1.54) is 28.5 Å². The van der Waals surface area contributed by atoms with Crippen molar-refractivity contribution < 1.29 is 45.4 Å². The highest BCUT2D eigenvalue weighted by Gasteiger charge is 2.56. The van der Waals surface area contributed by atoms with E-state index in [2.05, 4.69) is 15.0 Å². The van der Waals surface area contributed by atoms with Crippen LogP contribution < -0.4 is 9.47 Å². The van der Waals surface area contributed by atoms with Crippen molar-refractivity contribution in [1.29, 1.82) is 0 Å². The third-order valence-electron chi connectivity index (χ3n) is 8.13. The lowest BCUT2D eigenvalue weighted by atomic mass is 9.79. The molecule has 0 N–H and O–H groups in total. The Labute approximate surface area is 264 Å². The zero-order valence-electron chi connectivity index (χ0n) is 24.7. The van der Waals surface area contributed by atoms with Gasteiger partial charge in [-0.05, 0) is 18.9 Å². The Hall–Kier alpha value is -3.95. The molecule has 248 valence electrons. The lowest BCUT2D eigenvalue weighted by molar-refractivity contribution is -0.161. The second-order valence-electron chi connectivity index (χ2n) is 11.1. The maximum Gasteiger partial charge on any atom is 0.425 e. The summed E-state index contributed by atoms with van der Waals surface area (Å²) in [7, 11) is 0. The molecule has 46 heavy (non-hydrogen) atoms. The van der Waals surface area contributed by atoms with Gasteiger partial charge in [-0.2, -0.15) is 26.3 Å². The van der Waals surface area contributed by atoms with Gasteiger partial charge in [-0.3, -0.25) is 14.6 Å². The van der Waals surface area contributed by atoms with E-state index >= 15 is 0 Å². The topological polar surface area (TPSA) is 97.8 Å². The van der Waals surface area contributed by atoms with Gasteiger partial charge in [0, 0.05) is 62.7 Å². The lowest BCUT2D eigenvalue weighted by Gasteiger charge is -2.50. The summed E-state index contributed by atoms with van der Waals surface area (Å²) in [6, 6.07) is 0.421. The number of carbonyl (C=O) groups is 2. The summed E-state index contributed by atoms with van der Waals surface area (Å²) in [4.78, 5) is 41.8. The lowest BCUT2D eigenvalue weighted by Crippen LogP contribution is -2.68. The zero-order valence-corrected chi connectivity index (χ0v) is 25.5. The molecule has 0 bridgehead atoms. The van der Waals surface area contributed by atoms with Gasteiger partial charge in [0.25, 0.3) is 11.8 Å². The number of thiophene rings is 1. The summed E-state index contributed by atoms with van der Waals surface area (Å²) < 4.78 is 94.5. The fourth-order valence-corrected chi connectivity index (χ4v) is 6.76. The maximum absolute atomic E-state index is 14.6. The molecule has 2 amide bonds. The molecular weight excluding hydrogens is 640 g/mol. The quantitative estimate of drug-likeness (QED) is 0.261. The molecule has 2 fully saturated rings. The highest BCUT2D eigenvalue weighted by atomic mass is 32.1. The number of aromatic nitrogens is 3. The molecule has 0 unspecified atom stereocenters. The minimum atomic E-state index is -4.85. The average molecular weight is 672 g/mol. The number of piperidine rings is 2. The van der Waals surface area contributed by atoms with Gasteiger partial charge < -0.3 is 19.3 Å². The van der Waals surface area contributed by atoms with E-state index in [1.807, 2.05) is 0 Å². The average Bonchev–Trinajstić information content (AvgIpc) is 3.51. The molecular formula is C30H31F6N5O4S. The van der Waals surface area contributed by atoms with Crippen LogP contribution in [0.1, 0.15) is 66.2 Å². The van der Waals surface area contributed by atoms with Crippen molar-refractivity contribution in [2.45, 2.75) is 75.5 Å². The monoisotopic (exact) mass is 671 g/mol. The number of carbonyl (C=O) groups excluding carboxylic acids is 2. The Balaban J connectivity index is 1.49. The number of halogens is 6. The summed E-state index contributed by atoms with van der Waals surface area (Å²) in [6.45, 7) is 2.22. The van der Waals surface area contributed by atoms with Crippen molar-refractivity contribution in [3.63, 3.8) is 0 Å². The molecule has 0 aliphatic carbocycles. The fourth-order valence-electron chi connectivity index (χ4n) is 6.09. The molecule has 3 aromatic heterocycles. The molecule has 0 radical (unpaired) electrons. The first-order valence-corrected chi connectivity index (χ1v) is 15.6. The Kier molecular flexibility index (Phi) is 9.75. The largest absolute Gasteiger partial charge is 0.487 e. The van der Waals surface area contributed by atoms with Crippen molar-refractivity contribution in [2.75, 3.05) is 19.6 Å². The van der Waals surface area contributed by atoms with Crippen LogP contribution in [0.2, 0.25) is 0 Å². The van der Waals surface area contributed by atoms with Gasteiger partial charge in [0.15, 0.2) is 5.75 Å². The van der Waals surface area contributed by atoms with Crippen LogP contribution in [0.3, 0.4) is 0 Å². The summed E-state index contributed by atoms with van der Waals surface area (Å²) in [5.41, 5.74) is -3.73. The Bertz CT molecular complexity index is 1510. The number of pyridine rings is 1. The van der Waals surface area contributed by atoms with Gasteiger partial charge in [0.2, 0.25) is 5.60 Å². The highest BCUT2D eigenvalue weighted by Crippen LogP contribution is 2.43. The first-order chi connectivity index (χ1) is 21.8. The number of rotatable bonds is 8. The predicted molar refractivity (Wildman–Crippen MR) is 153 cm³/mol. The number of hydrogen-bond donors (Lipinski definition) is 0. The molecule has 0 saturated carbocycles. The smallest absolute Gasteiger partial charge is 0.425 e. The predicted octanol–water partition coefficient (Wildman–Crippen LogP) is 6.26. The van der Waals surface area contributed by atoms with Crippen molar-refractivity contribution in [3.05, 3.63) is 64.6 Å². The van der Waals surface area contributed by atoms with Gasteiger partial charge in [0.05, 0.1) is 29.6 Å². The highest BCUT2D eigenvalue weighted by molar-refractivity contribution is 7.10. The SMILES string of the molecule is CCC[C@H]1N(C(=O)c2cnccc2C(F)(F)F)CCC[C@@]1(Oc1csc(C(F)(F)F)c1)C(=O)N1CCC(Oc2cncnc2)CC1. The Morgan fingerprint density at radius 3 is 2.35 bits per heavy atom. The van der Waals surface area contributed by atoms with E-state index in [4.69, 9.17) is 9.47 Å². The van der Waals surface area contributed by atoms with Crippen LogP contribution >= 0.6 is 11.3 Å². The molecule has 2 saturated heterocycles. The zero-order chi connectivity index (χ0) is 33.1. The number of alkyl halides is 6.